The van der Waals surface area contributed by atoms with Crippen LogP contribution in [0.3, 0.4) is 0 Å². The minimum Gasteiger partial charge on any atom is -0.480 e. The normalized spacial score (nSPS) is 12.1. The number of aliphatic carboxylic acids is 1. The first-order valence-corrected chi connectivity index (χ1v) is 12.0. The van der Waals surface area contributed by atoms with E-state index in [1.54, 1.807) is 55.9 Å². The number of carboxylic acid groups (broad SMARTS) is 1. The van der Waals surface area contributed by atoms with E-state index in [0.717, 1.165) is 16.8 Å². The van der Waals surface area contributed by atoms with E-state index in [4.69, 9.17) is 4.74 Å². The second-order valence-corrected chi connectivity index (χ2v) is 10.3. The van der Waals surface area contributed by atoms with Gasteiger partial charge in [0.1, 0.15) is 11.6 Å². The predicted octanol–water partition coefficient (Wildman–Crippen LogP) is 3.97. The van der Waals surface area contributed by atoms with E-state index in [9.17, 15) is 19.5 Å². The number of carboxylic acids is 1. The van der Waals surface area contributed by atoms with Crippen LogP contribution in [-0.4, -0.2) is 50.0 Å². The van der Waals surface area contributed by atoms with Crippen molar-refractivity contribution in [3.05, 3.63) is 77.5 Å². The molecular formula is C29H32N4O5. The number of aromatic nitrogens is 2. The summed E-state index contributed by atoms with van der Waals surface area (Å²) in [4.78, 5) is 36.9. The monoisotopic (exact) mass is 516 g/mol. The van der Waals surface area contributed by atoms with Crippen LogP contribution in [0.1, 0.15) is 56.1 Å². The van der Waals surface area contributed by atoms with Gasteiger partial charge in [0.15, 0.2) is 0 Å². The molecule has 3 rings (SSSR count). The molecule has 1 atom stereocenters. The molecule has 0 spiro atoms. The summed E-state index contributed by atoms with van der Waals surface area (Å²) >= 11 is 0. The Morgan fingerprint density at radius 2 is 1.47 bits per heavy atom. The van der Waals surface area contributed by atoms with Crippen molar-refractivity contribution in [3.63, 3.8) is 0 Å². The van der Waals surface area contributed by atoms with Crippen LogP contribution in [0.15, 0.2) is 60.8 Å². The highest BCUT2D eigenvalue weighted by Crippen LogP contribution is 2.18. The molecule has 0 aliphatic carbocycles. The Hall–Kier alpha value is -4.58. The number of nitrogens with one attached hydrogen (secondary N) is 2. The van der Waals surface area contributed by atoms with E-state index >= 15 is 0 Å². The number of hydrogen-bond acceptors (Lipinski definition) is 5. The molecule has 198 valence electrons. The van der Waals surface area contributed by atoms with E-state index in [2.05, 4.69) is 27.6 Å². The maximum atomic E-state index is 12.8. The third-order valence-electron chi connectivity index (χ3n) is 5.57. The summed E-state index contributed by atoms with van der Waals surface area (Å²) in [6, 6.07) is 14.9. The average molecular weight is 517 g/mol. The van der Waals surface area contributed by atoms with Crippen LogP contribution in [0.2, 0.25) is 0 Å². The van der Waals surface area contributed by atoms with Crippen LogP contribution in [0.4, 0.5) is 4.79 Å². The Morgan fingerprint density at radius 1 is 0.921 bits per heavy atom. The minimum atomic E-state index is -1.41. The van der Waals surface area contributed by atoms with E-state index in [0.29, 0.717) is 5.56 Å². The largest absolute Gasteiger partial charge is 0.480 e. The Kier molecular flexibility index (Phi) is 8.26. The van der Waals surface area contributed by atoms with Gasteiger partial charge in [-0.2, -0.15) is 5.10 Å². The van der Waals surface area contributed by atoms with Crippen molar-refractivity contribution < 1.29 is 24.2 Å². The lowest BCUT2D eigenvalue weighted by Gasteiger charge is -2.33. The van der Waals surface area contributed by atoms with E-state index in [1.165, 1.54) is 13.8 Å². The molecule has 1 heterocycles. The van der Waals surface area contributed by atoms with Gasteiger partial charge >= 0.3 is 12.1 Å². The predicted molar refractivity (Wildman–Crippen MR) is 143 cm³/mol. The summed E-state index contributed by atoms with van der Waals surface area (Å²) in [6.07, 6.45) is 0.967. The maximum Gasteiger partial charge on any atom is 0.408 e. The van der Waals surface area contributed by atoms with Gasteiger partial charge in [0, 0.05) is 29.9 Å². The van der Waals surface area contributed by atoms with Crippen LogP contribution in [-0.2, 0) is 16.6 Å². The van der Waals surface area contributed by atoms with Gasteiger partial charge in [-0.05, 0) is 82.6 Å². The first-order chi connectivity index (χ1) is 17.7. The van der Waals surface area contributed by atoms with Gasteiger partial charge in [-0.25, -0.2) is 9.59 Å². The zero-order valence-corrected chi connectivity index (χ0v) is 22.3. The molecule has 3 N–H and O–H groups in total. The molecule has 38 heavy (non-hydrogen) atoms. The fourth-order valence-electron chi connectivity index (χ4n) is 3.63. The summed E-state index contributed by atoms with van der Waals surface area (Å²) in [5, 5.41) is 18.9. The van der Waals surface area contributed by atoms with Gasteiger partial charge < -0.3 is 20.5 Å². The molecule has 2 amide bonds. The number of rotatable bonds is 6. The quantitative estimate of drug-likeness (QED) is 0.426. The second-order valence-electron chi connectivity index (χ2n) is 10.3. The number of amides is 2. The molecule has 0 fully saturated rings. The number of carbonyl (C=O) groups is 3. The van der Waals surface area contributed by atoms with Gasteiger partial charge in [-0.15, -0.1) is 0 Å². The van der Waals surface area contributed by atoms with Crippen molar-refractivity contribution in [1.29, 1.82) is 0 Å². The van der Waals surface area contributed by atoms with Gasteiger partial charge in [0.25, 0.3) is 5.91 Å². The number of ether oxygens (including phenoxy) is 1. The highest BCUT2D eigenvalue weighted by atomic mass is 16.6. The minimum absolute atomic E-state index is 0.260. The van der Waals surface area contributed by atoms with E-state index in [1.807, 2.05) is 37.4 Å². The Bertz CT molecular complexity index is 1370. The zero-order valence-electron chi connectivity index (χ0n) is 22.3. The molecule has 0 aliphatic rings. The molecule has 0 bridgehead atoms. The summed E-state index contributed by atoms with van der Waals surface area (Å²) in [5.41, 5.74) is 1.75. The topological polar surface area (TPSA) is 123 Å². The first kappa shape index (κ1) is 28.0. The van der Waals surface area contributed by atoms with E-state index < -0.39 is 35.2 Å². The summed E-state index contributed by atoms with van der Waals surface area (Å²) in [6.45, 7) is 8.09. The Morgan fingerprint density at radius 3 is 1.95 bits per heavy atom. The van der Waals surface area contributed by atoms with Crippen molar-refractivity contribution in [1.82, 2.24) is 20.4 Å². The average Bonchev–Trinajstić information content (AvgIpc) is 3.25. The van der Waals surface area contributed by atoms with Crippen LogP contribution in [0.25, 0.3) is 11.3 Å². The fraction of sp³-hybridized carbons (Fsp3) is 0.310. The van der Waals surface area contributed by atoms with Gasteiger partial charge in [-0.3, -0.25) is 9.48 Å². The van der Waals surface area contributed by atoms with Gasteiger partial charge in [0.2, 0.25) is 0 Å². The zero-order chi connectivity index (χ0) is 28.1. The molecule has 3 aromatic rings. The van der Waals surface area contributed by atoms with Crippen LogP contribution in [0, 0.1) is 11.8 Å². The van der Waals surface area contributed by atoms with Crippen molar-refractivity contribution in [2.75, 3.05) is 0 Å². The summed E-state index contributed by atoms with van der Waals surface area (Å²) < 4.78 is 7.02. The molecule has 0 aliphatic heterocycles. The third kappa shape index (κ3) is 7.46. The number of nitrogens with zero attached hydrogens (tertiary/aromatic N) is 2. The highest BCUT2D eigenvalue weighted by molar-refractivity contribution is 5.97. The second kappa shape index (κ2) is 11.2. The Labute approximate surface area is 222 Å². The smallest absolute Gasteiger partial charge is 0.408 e. The lowest BCUT2D eigenvalue weighted by Crippen LogP contribution is -2.62. The maximum absolute atomic E-state index is 12.8. The fourth-order valence-corrected chi connectivity index (χ4v) is 3.63. The molecule has 1 aromatic heterocycles. The molecule has 0 radical (unpaired) electrons. The number of benzene rings is 2. The summed E-state index contributed by atoms with van der Waals surface area (Å²) in [5.74, 6) is 4.27. The van der Waals surface area contributed by atoms with Gasteiger partial charge in [-0.1, -0.05) is 24.0 Å². The van der Waals surface area contributed by atoms with Crippen molar-refractivity contribution in [2.24, 2.45) is 7.05 Å². The number of aryl methyl sites for hydroxylation is 1. The molecule has 9 heteroatoms. The van der Waals surface area contributed by atoms with Crippen LogP contribution in [0.5, 0.6) is 0 Å². The molecule has 0 unspecified atom stereocenters. The van der Waals surface area contributed by atoms with E-state index in [-0.39, 0.29) is 5.56 Å². The lowest BCUT2D eigenvalue weighted by molar-refractivity contribution is -0.141. The third-order valence-corrected chi connectivity index (χ3v) is 5.57. The van der Waals surface area contributed by atoms with Crippen LogP contribution >= 0.6 is 0 Å². The highest BCUT2D eigenvalue weighted by Gasteiger charge is 2.39. The van der Waals surface area contributed by atoms with Gasteiger partial charge in [0.05, 0.1) is 11.2 Å². The molecule has 2 aromatic carbocycles. The van der Waals surface area contributed by atoms with Crippen molar-refractivity contribution in [3.8, 4) is 23.1 Å². The first-order valence-electron chi connectivity index (χ1n) is 12.0. The van der Waals surface area contributed by atoms with Crippen molar-refractivity contribution in [2.45, 2.75) is 51.8 Å². The standard InChI is InChI=1S/C29H32N4O5/c1-28(2,3)38-27(37)32-29(4,5)24(26(35)36)31-25(34)22-15-11-20(12-16-22)8-7-19-9-13-21(14-10-19)23-17-18-30-33(23)6/h9-18,24H,1-6H3,(H,31,34)(H,32,37)(H,35,36)/t24-/m1/s1. The summed E-state index contributed by atoms with van der Waals surface area (Å²) in [7, 11) is 1.89. The number of hydrogen-bond donors (Lipinski definition) is 3. The SMILES string of the molecule is Cn1nccc1-c1ccc(C#Cc2ccc(C(=O)N[C@H](C(=O)O)C(C)(C)NC(=O)OC(C)(C)C)cc2)cc1. The number of alkyl carbamates (subject to hydrolysis) is 1. The molecule has 0 saturated carbocycles. The molecular weight excluding hydrogens is 484 g/mol. The molecule has 0 saturated heterocycles. The van der Waals surface area contributed by atoms with Crippen LogP contribution < -0.4 is 10.6 Å². The molecule has 9 nitrogen and oxygen atoms in total. The Balaban J connectivity index is 1.66. The lowest BCUT2D eigenvalue weighted by atomic mass is 9.94. The van der Waals surface area contributed by atoms with Crippen molar-refractivity contribution >= 4 is 18.0 Å². The number of carbonyl (C=O) groups excluding carboxylic acids is 2.